The zero-order valence-corrected chi connectivity index (χ0v) is 16.8. The summed E-state index contributed by atoms with van der Waals surface area (Å²) in [5.41, 5.74) is 2.23. The van der Waals surface area contributed by atoms with Gasteiger partial charge in [-0.15, -0.1) is 0 Å². The summed E-state index contributed by atoms with van der Waals surface area (Å²) in [7, 11) is 1.65. The highest BCUT2D eigenvalue weighted by atomic mass is 35.5. The van der Waals surface area contributed by atoms with Gasteiger partial charge in [0.1, 0.15) is 5.75 Å². The lowest BCUT2D eigenvalue weighted by molar-refractivity contribution is -0.119. The number of carbonyl (C=O) groups is 1. The maximum Gasteiger partial charge on any atom is 0.226 e. The zero-order valence-electron chi connectivity index (χ0n) is 16.0. The monoisotopic (exact) mass is 386 g/mol. The topological polar surface area (TPSA) is 32.8 Å². The number of nitrogens with zero attached hydrogens (tertiary/aromatic N) is 2. The van der Waals surface area contributed by atoms with Crippen LogP contribution in [0.3, 0.4) is 0 Å². The standard InChI is InChI=1S/C22H27ClN2O2/c1-3-22(26)25(19-8-10-21(27-2)11-9-19)20-12-14-24(15-13-20)16-17-4-6-18(23)7-5-17/h4-11,20H,3,12-16H2,1-2H3. The van der Waals surface area contributed by atoms with Crippen molar-refractivity contribution in [3.05, 3.63) is 59.1 Å². The maximum absolute atomic E-state index is 12.6. The Morgan fingerprint density at radius 2 is 1.74 bits per heavy atom. The molecule has 0 bridgehead atoms. The van der Waals surface area contributed by atoms with Crippen LogP contribution in [0.4, 0.5) is 5.69 Å². The number of rotatable bonds is 6. The first-order valence-electron chi connectivity index (χ1n) is 9.53. The van der Waals surface area contributed by atoms with Gasteiger partial charge in [0.25, 0.3) is 0 Å². The van der Waals surface area contributed by atoms with Crippen LogP contribution in [-0.2, 0) is 11.3 Å². The van der Waals surface area contributed by atoms with Crippen molar-refractivity contribution in [2.75, 3.05) is 25.1 Å². The number of hydrogen-bond donors (Lipinski definition) is 0. The molecule has 1 aliphatic rings. The molecule has 5 heteroatoms. The first kappa shape index (κ1) is 19.7. The van der Waals surface area contributed by atoms with Crippen molar-refractivity contribution in [2.45, 2.75) is 38.8 Å². The van der Waals surface area contributed by atoms with Crippen molar-refractivity contribution in [1.29, 1.82) is 0 Å². The van der Waals surface area contributed by atoms with Crippen molar-refractivity contribution in [1.82, 2.24) is 4.90 Å². The Hall–Kier alpha value is -2.04. The van der Waals surface area contributed by atoms with Gasteiger partial charge < -0.3 is 9.64 Å². The highest BCUT2D eigenvalue weighted by molar-refractivity contribution is 6.30. The number of anilines is 1. The van der Waals surface area contributed by atoms with Gasteiger partial charge in [-0.25, -0.2) is 0 Å². The van der Waals surface area contributed by atoms with Gasteiger partial charge in [0, 0.05) is 42.8 Å². The van der Waals surface area contributed by atoms with Crippen molar-refractivity contribution >= 4 is 23.2 Å². The summed E-state index contributed by atoms with van der Waals surface area (Å²) >= 11 is 5.97. The molecule has 1 amide bonds. The minimum Gasteiger partial charge on any atom is -0.497 e. The molecule has 0 radical (unpaired) electrons. The Morgan fingerprint density at radius 3 is 2.30 bits per heavy atom. The van der Waals surface area contributed by atoms with Gasteiger partial charge in [0.05, 0.1) is 7.11 Å². The highest BCUT2D eigenvalue weighted by Gasteiger charge is 2.28. The molecular weight excluding hydrogens is 360 g/mol. The van der Waals surface area contributed by atoms with E-state index in [9.17, 15) is 4.79 Å². The molecule has 0 aromatic heterocycles. The van der Waals surface area contributed by atoms with Crippen molar-refractivity contribution in [3.63, 3.8) is 0 Å². The molecule has 1 saturated heterocycles. The van der Waals surface area contributed by atoms with Crippen molar-refractivity contribution < 1.29 is 9.53 Å². The number of likely N-dealkylation sites (tertiary alicyclic amines) is 1. The molecule has 0 saturated carbocycles. The molecular formula is C22H27ClN2O2. The fraction of sp³-hybridized carbons (Fsp3) is 0.409. The summed E-state index contributed by atoms with van der Waals surface area (Å²) in [6, 6.07) is 16.1. The van der Waals surface area contributed by atoms with E-state index in [0.29, 0.717) is 6.42 Å². The Bertz CT molecular complexity index is 738. The van der Waals surface area contributed by atoms with Gasteiger partial charge in [-0.2, -0.15) is 0 Å². The summed E-state index contributed by atoms with van der Waals surface area (Å²) < 4.78 is 5.24. The molecule has 0 N–H and O–H groups in total. The third kappa shape index (κ3) is 5.02. The fourth-order valence-corrected chi connectivity index (χ4v) is 3.78. The van der Waals surface area contributed by atoms with Crippen LogP contribution < -0.4 is 9.64 Å². The van der Waals surface area contributed by atoms with E-state index in [-0.39, 0.29) is 11.9 Å². The highest BCUT2D eigenvalue weighted by Crippen LogP contribution is 2.27. The van der Waals surface area contributed by atoms with Gasteiger partial charge >= 0.3 is 0 Å². The van der Waals surface area contributed by atoms with Crippen LogP contribution in [0.15, 0.2) is 48.5 Å². The third-order valence-corrected chi connectivity index (χ3v) is 5.42. The number of amides is 1. The van der Waals surface area contributed by atoms with E-state index in [1.807, 2.05) is 48.2 Å². The summed E-state index contributed by atoms with van der Waals surface area (Å²) in [6.07, 6.45) is 2.47. The van der Waals surface area contributed by atoms with E-state index in [2.05, 4.69) is 17.0 Å². The number of benzene rings is 2. The maximum atomic E-state index is 12.6. The predicted molar refractivity (Wildman–Crippen MR) is 111 cm³/mol. The summed E-state index contributed by atoms with van der Waals surface area (Å²) in [5.74, 6) is 0.983. The lowest BCUT2D eigenvalue weighted by Crippen LogP contribution is -2.47. The molecule has 1 heterocycles. The number of halogens is 1. The van der Waals surface area contributed by atoms with Crippen LogP contribution in [0, 0.1) is 0 Å². The second-order valence-corrected chi connectivity index (χ2v) is 7.39. The van der Waals surface area contributed by atoms with Crippen LogP contribution in [0.5, 0.6) is 5.75 Å². The molecule has 0 spiro atoms. The Kier molecular flexibility index (Phi) is 6.75. The van der Waals surface area contributed by atoms with E-state index in [1.54, 1.807) is 7.11 Å². The number of methoxy groups -OCH3 is 1. The first-order chi connectivity index (χ1) is 13.1. The Balaban J connectivity index is 1.65. The van der Waals surface area contributed by atoms with Gasteiger partial charge in [-0.05, 0) is 54.8 Å². The molecule has 0 unspecified atom stereocenters. The number of hydrogen-bond acceptors (Lipinski definition) is 3. The molecule has 4 nitrogen and oxygen atoms in total. The lowest BCUT2D eigenvalue weighted by Gasteiger charge is -2.38. The molecule has 2 aromatic rings. The molecule has 2 aromatic carbocycles. The van der Waals surface area contributed by atoms with E-state index in [4.69, 9.17) is 16.3 Å². The second-order valence-electron chi connectivity index (χ2n) is 6.95. The summed E-state index contributed by atoms with van der Waals surface area (Å²) in [4.78, 5) is 17.1. The summed E-state index contributed by atoms with van der Waals surface area (Å²) in [5, 5.41) is 0.769. The minimum absolute atomic E-state index is 0.177. The van der Waals surface area contributed by atoms with Crippen LogP contribution in [0.25, 0.3) is 0 Å². The second kappa shape index (κ2) is 9.25. The van der Waals surface area contributed by atoms with Gasteiger partial charge in [0.2, 0.25) is 5.91 Å². The van der Waals surface area contributed by atoms with Crippen LogP contribution in [0.2, 0.25) is 5.02 Å². The average molecular weight is 387 g/mol. The van der Waals surface area contributed by atoms with E-state index in [0.717, 1.165) is 48.9 Å². The van der Waals surface area contributed by atoms with Crippen molar-refractivity contribution in [2.24, 2.45) is 0 Å². The molecule has 144 valence electrons. The van der Waals surface area contributed by atoms with Crippen LogP contribution >= 0.6 is 11.6 Å². The van der Waals surface area contributed by atoms with Crippen molar-refractivity contribution in [3.8, 4) is 5.75 Å². The number of carbonyl (C=O) groups excluding carboxylic acids is 1. The summed E-state index contributed by atoms with van der Waals surface area (Å²) in [6.45, 7) is 4.82. The Labute approximate surface area is 166 Å². The Morgan fingerprint density at radius 1 is 1.11 bits per heavy atom. The fourth-order valence-electron chi connectivity index (χ4n) is 3.66. The number of piperidine rings is 1. The zero-order chi connectivity index (χ0) is 19.2. The van der Waals surface area contributed by atoms with Gasteiger partial charge in [0.15, 0.2) is 0 Å². The molecule has 1 fully saturated rings. The van der Waals surface area contributed by atoms with Crippen LogP contribution in [-0.4, -0.2) is 37.0 Å². The largest absolute Gasteiger partial charge is 0.497 e. The third-order valence-electron chi connectivity index (χ3n) is 5.16. The predicted octanol–water partition coefficient (Wildman–Crippen LogP) is 4.76. The minimum atomic E-state index is 0.177. The van der Waals surface area contributed by atoms with Gasteiger partial charge in [-0.3, -0.25) is 9.69 Å². The molecule has 0 atom stereocenters. The van der Waals surface area contributed by atoms with E-state index >= 15 is 0 Å². The molecule has 27 heavy (non-hydrogen) atoms. The normalized spacial score (nSPS) is 15.5. The molecule has 1 aliphatic heterocycles. The smallest absolute Gasteiger partial charge is 0.226 e. The van der Waals surface area contributed by atoms with Gasteiger partial charge in [-0.1, -0.05) is 30.7 Å². The van der Waals surface area contributed by atoms with E-state index < -0.39 is 0 Å². The average Bonchev–Trinajstić information content (AvgIpc) is 2.71. The molecule has 3 rings (SSSR count). The number of ether oxygens (including phenoxy) is 1. The SMILES string of the molecule is CCC(=O)N(c1ccc(OC)cc1)C1CCN(Cc2ccc(Cl)cc2)CC1. The quantitative estimate of drug-likeness (QED) is 0.717. The first-order valence-corrected chi connectivity index (χ1v) is 9.91. The van der Waals surface area contributed by atoms with Crippen LogP contribution in [0.1, 0.15) is 31.7 Å². The van der Waals surface area contributed by atoms with E-state index in [1.165, 1.54) is 5.56 Å². The lowest BCUT2D eigenvalue weighted by atomic mass is 10.0. The molecule has 0 aliphatic carbocycles.